The summed E-state index contributed by atoms with van der Waals surface area (Å²) in [4.78, 5) is 41.6. The standard InChI is InChI=1S/C20H18N4O5S2/c1-12-10-14(13(2)24(12)19-21-6-9-31-19)15(25)11-28-17(26)5-7-23-20(27)29-18(22-23)16-4-3-8-30-16/h3-4,6,8-10H,5,7,11H2,1-2H3. The summed E-state index contributed by atoms with van der Waals surface area (Å²) in [6, 6.07) is 5.36. The smallest absolute Gasteiger partial charge is 0.437 e. The minimum Gasteiger partial charge on any atom is -0.457 e. The average Bonchev–Trinajstić information content (AvgIpc) is 3.52. The van der Waals surface area contributed by atoms with Crippen LogP contribution in [0, 0.1) is 13.8 Å². The first kappa shape index (κ1) is 20.9. The number of Topliss-reactive ketones (excluding diaryl/α,β-unsaturated/α-hetero) is 1. The van der Waals surface area contributed by atoms with Crippen molar-refractivity contribution in [3.8, 4) is 15.9 Å². The van der Waals surface area contributed by atoms with E-state index in [0.29, 0.717) is 5.56 Å². The molecular weight excluding hydrogens is 440 g/mol. The summed E-state index contributed by atoms with van der Waals surface area (Å²) in [6.07, 6.45) is 1.59. The third-order valence-electron chi connectivity index (χ3n) is 4.57. The summed E-state index contributed by atoms with van der Waals surface area (Å²) in [7, 11) is 0. The average molecular weight is 459 g/mol. The molecule has 0 aliphatic heterocycles. The number of ether oxygens (including phenoxy) is 1. The van der Waals surface area contributed by atoms with Crippen LogP contribution < -0.4 is 5.76 Å². The molecule has 0 radical (unpaired) electrons. The fourth-order valence-corrected chi connectivity index (χ4v) is 4.50. The number of rotatable bonds is 8. The fraction of sp³-hybridized carbons (Fsp3) is 0.250. The van der Waals surface area contributed by atoms with Crippen LogP contribution >= 0.6 is 22.7 Å². The number of hydrogen-bond donors (Lipinski definition) is 0. The van der Waals surface area contributed by atoms with E-state index < -0.39 is 11.7 Å². The number of aromatic nitrogens is 4. The highest BCUT2D eigenvalue weighted by atomic mass is 32.1. The number of nitrogens with zero attached hydrogens (tertiary/aromatic N) is 4. The first-order valence-corrected chi connectivity index (χ1v) is 11.1. The van der Waals surface area contributed by atoms with E-state index in [4.69, 9.17) is 9.15 Å². The van der Waals surface area contributed by atoms with Gasteiger partial charge in [-0.15, -0.1) is 27.8 Å². The van der Waals surface area contributed by atoms with Gasteiger partial charge in [-0.2, -0.15) is 4.68 Å². The number of ketones is 1. The molecule has 4 aromatic rings. The summed E-state index contributed by atoms with van der Waals surface area (Å²) in [5.41, 5.74) is 2.09. The predicted molar refractivity (Wildman–Crippen MR) is 115 cm³/mol. The van der Waals surface area contributed by atoms with Crippen LogP contribution in [-0.4, -0.2) is 37.7 Å². The Balaban J connectivity index is 1.34. The van der Waals surface area contributed by atoms with E-state index in [-0.39, 0.29) is 31.2 Å². The normalized spacial score (nSPS) is 11.0. The van der Waals surface area contributed by atoms with E-state index in [1.54, 1.807) is 18.3 Å². The Morgan fingerprint density at radius 3 is 2.77 bits per heavy atom. The minimum atomic E-state index is -0.651. The fourth-order valence-electron chi connectivity index (χ4n) is 3.11. The van der Waals surface area contributed by atoms with Gasteiger partial charge in [0.25, 0.3) is 5.89 Å². The molecule has 0 saturated heterocycles. The van der Waals surface area contributed by atoms with E-state index in [9.17, 15) is 14.4 Å². The van der Waals surface area contributed by atoms with Crippen LogP contribution in [0.15, 0.2) is 44.4 Å². The van der Waals surface area contributed by atoms with Gasteiger partial charge in [-0.3, -0.25) is 14.2 Å². The molecule has 0 atom stereocenters. The lowest BCUT2D eigenvalue weighted by Gasteiger charge is -2.06. The molecule has 31 heavy (non-hydrogen) atoms. The van der Waals surface area contributed by atoms with Crippen LogP contribution in [0.2, 0.25) is 0 Å². The van der Waals surface area contributed by atoms with Gasteiger partial charge in [0.2, 0.25) is 5.78 Å². The highest BCUT2D eigenvalue weighted by molar-refractivity contribution is 7.13. The molecule has 0 amide bonds. The molecule has 0 fully saturated rings. The van der Waals surface area contributed by atoms with E-state index >= 15 is 0 Å². The topological polar surface area (TPSA) is 109 Å². The second-order valence-electron chi connectivity index (χ2n) is 6.64. The van der Waals surface area contributed by atoms with Crippen LogP contribution in [0.1, 0.15) is 28.2 Å². The number of esters is 1. The van der Waals surface area contributed by atoms with Gasteiger partial charge >= 0.3 is 11.7 Å². The Morgan fingerprint density at radius 2 is 2.06 bits per heavy atom. The van der Waals surface area contributed by atoms with E-state index in [2.05, 4.69) is 10.1 Å². The monoisotopic (exact) mass is 458 g/mol. The Kier molecular flexibility index (Phi) is 5.96. The molecule has 0 aliphatic rings. The lowest BCUT2D eigenvalue weighted by atomic mass is 10.1. The maximum atomic E-state index is 12.6. The Morgan fingerprint density at radius 1 is 1.23 bits per heavy atom. The summed E-state index contributed by atoms with van der Waals surface area (Å²) < 4.78 is 13.2. The van der Waals surface area contributed by atoms with Crippen LogP contribution in [0.25, 0.3) is 15.9 Å². The third-order valence-corrected chi connectivity index (χ3v) is 6.19. The molecule has 0 aromatic carbocycles. The largest absolute Gasteiger partial charge is 0.457 e. The van der Waals surface area contributed by atoms with Gasteiger partial charge in [-0.1, -0.05) is 6.07 Å². The number of thiazole rings is 1. The second kappa shape index (κ2) is 8.82. The number of aryl methyl sites for hydroxylation is 2. The SMILES string of the molecule is Cc1cc(C(=O)COC(=O)CCn2nc(-c3cccs3)oc2=O)c(C)n1-c1nccs1. The molecule has 0 saturated carbocycles. The van der Waals surface area contributed by atoms with Gasteiger partial charge < -0.3 is 9.15 Å². The van der Waals surface area contributed by atoms with Crippen LogP contribution in [0.4, 0.5) is 0 Å². The molecular formula is C20H18N4O5S2. The van der Waals surface area contributed by atoms with Gasteiger partial charge in [0.05, 0.1) is 17.8 Å². The van der Waals surface area contributed by atoms with Gasteiger partial charge in [-0.05, 0) is 31.4 Å². The number of carbonyl (C=O) groups is 2. The summed E-state index contributed by atoms with van der Waals surface area (Å²) in [5.74, 6) is -1.35. The summed E-state index contributed by atoms with van der Waals surface area (Å²) in [6.45, 7) is 3.33. The van der Waals surface area contributed by atoms with E-state index in [1.807, 2.05) is 35.2 Å². The molecule has 0 spiro atoms. The number of thiophene rings is 1. The summed E-state index contributed by atoms with van der Waals surface area (Å²) >= 11 is 2.86. The second-order valence-corrected chi connectivity index (χ2v) is 8.46. The lowest BCUT2D eigenvalue weighted by Crippen LogP contribution is -2.20. The van der Waals surface area contributed by atoms with Crippen molar-refractivity contribution in [2.24, 2.45) is 0 Å². The first-order chi connectivity index (χ1) is 14.9. The lowest BCUT2D eigenvalue weighted by molar-refractivity contribution is -0.142. The van der Waals surface area contributed by atoms with Gasteiger partial charge in [-0.25, -0.2) is 9.78 Å². The third kappa shape index (κ3) is 4.42. The van der Waals surface area contributed by atoms with E-state index in [1.165, 1.54) is 22.7 Å². The quantitative estimate of drug-likeness (QED) is 0.294. The Hall–Kier alpha value is -3.31. The zero-order valence-corrected chi connectivity index (χ0v) is 18.4. The number of carbonyl (C=O) groups excluding carboxylic acids is 2. The minimum absolute atomic E-state index is 0.000702. The van der Waals surface area contributed by atoms with Gasteiger partial charge in [0.1, 0.15) is 0 Å². The van der Waals surface area contributed by atoms with Crippen molar-refractivity contribution in [1.29, 1.82) is 0 Å². The van der Waals surface area contributed by atoms with Crippen molar-refractivity contribution in [3.63, 3.8) is 0 Å². The molecule has 0 aliphatic carbocycles. The molecule has 9 nitrogen and oxygen atoms in total. The zero-order chi connectivity index (χ0) is 22.0. The molecule has 160 valence electrons. The number of hydrogen-bond acceptors (Lipinski definition) is 9. The van der Waals surface area contributed by atoms with Crippen LogP contribution in [0.5, 0.6) is 0 Å². The molecule has 4 aromatic heterocycles. The highest BCUT2D eigenvalue weighted by Crippen LogP contribution is 2.23. The Labute approximate surface area is 184 Å². The molecule has 0 unspecified atom stereocenters. The van der Waals surface area contributed by atoms with Crippen LogP contribution in [-0.2, 0) is 16.1 Å². The van der Waals surface area contributed by atoms with Gasteiger partial charge in [0, 0.05) is 28.5 Å². The van der Waals surface area contributed by atoms with Crippen molar-refractivity contribution >= 4 is 34.4 Å². The molecule has 0 N–H and O–H groups in total. The highest BCUT2D eigenvalue weighted by Gasteiger charge is 2.19. The van der Waals surface area contributed by atoms with Crippen molar-refractivity contribution in [2.45, 2.75) is 26.8 Å². The first-order valence-electron chi connectivity index (χ1n) is 9.33. The zero-order valence-electron chi connectivity index (χ0n) is 16.7. The van der Waals surface area contributed by atoms with E-state index in [0.717, 1.165) is 26.1 Å². The van der Waals surface area contributed by atoms with Gasteiger partial charge in [0.15, 0.2) is 11.7 Å². The molecule has 0 bridgehead atoms. The van der Waals surface area contributed by atoms with Crippen molar-refractivity contribution in [3.05, 3.63) is 62.7 Å². The molecule has 4 rings (SSSR count). The van der Waals surface area contributed by atoms with Crippen molar-refractivity contribution < 1.29 is 18.7 Å². The van der Waals surface area contributed by atoms with Crippen molar-refractivity contribution in [2.75, 3.05) is 6.61 Å². The maximum Gasteiger partial charge on any atom is 0.437 e. The Bertz CT molecular complexity index is 1270. The van der Waals surface area contributed by atoms with Crippen LogP contribution in [0.3, 0.4) is 0 Å². The maximum absolute atomic E-state index is 12.6. The summed E-state index contributed by atoms with van der Waals surface area (Å²) in [5, 5.41) is 8.56. The van der Waals surface area contributed by atoms with Crippen molar-refractivity contribution in [1.82, 2.24) is 19.3 Å². The molecule has 4 heterocycles. The molecule has 11 heteroatoms. The predicted octanol–water partition coefficient (Wildman–Crippen LogP) is 3.25.